The second-order valence-corrected chi connectivity index (χ2v) is 14.1. The minimum absolute atomic E-state index is 0.0909. The molecule has 0 amide bonds. The summed E-state index contributed by atoms with van der Waals surface area (Å²) in [6.45, 7) is 0.180. The topological polar surface area (TPSA) is 125 Å². The van der Waals surface area contributed by atoms with Gasteiger partial charge < -0.3 is 9.64 Å². The number of nitrogens with zero attached hydrogens (tertiary/aromatic N) is 2. The molecule has 0 spiro atoms. The molecule has 0 bridgehead atoms. The first-order valence-corrected chi connectivity index (χ1v) is 16.7. The van der Waals surface area contributed by atoms with Crippen LogP contribution in [0.15, 0.2) is 66.5 Å². The van der Waals surface area contributed by atoms with Crippen LogP contribution in [0.25, 0.3) is 27.4 Å². The second kappa shape index (κ2) is 11.3. The standard InChI is InChI=1S/C26H22Cl2N2O7S3/c27-19-5-2-17(3-6-19)18-4-9-24-22(14-18)30(10-1-12-39(31,32)33)26(38-24)16-25-29(11-13-40(34,35)36)21-15-20(28)7-8-23(21)37-25/h2-9,14-16H,1,10-13H2,(H-,31,32,33,34,35,36)/p+1. The second-order valence-electron chi connectivity index (χ2n) is 9.06. The summed E-state index contributed by atoms with van der Waals surface area (Å²) in [5, 5.41) is 1.74. The Kier molecular flexibility index (Phi) is 8.13. The maximum atomic E-state index is 11.5. The lowest BCUT2D eigenvalue weighted by molar-refractivity contribution is -0.668. The summed E-state index contributed by atoms with van der Waals surface area (Å²) >= 11 is 13.7. The summed E-state index contributed by atoms with van der Waals surface area (Å²) in [5.41, 5.74) is 3.26. The lowest BCUT2D eigenvalue weighted by Crippen LogP contribution is -2.36. The minimum Gasteiger partial charge on any atom is -0.438 e. The summed E-state index contributed by atoms with van der Waals surface area (Å²) < 4.78 is 73.5. The molecule has 1 aliphatic rings. The summed E-state index contributed by atoms with van der Waals surface area (Å²) in [6, 6.07) is 18.3. The molecule has 0 aliphatic carbocycles. The fraction of sp³-hybridized carbons (Fsp3) is 0.192. The molecule has 0 unspecified atom stereocenters. The van der Waals surface area contributed by atoms with Crippen LogP contribution in [0.4, 0.5) is 5.69 Å². The zero-order valence-corrected chi connectivity index (χ0v) is 24.7. The van der Waals surface area contributed by atoms with Gasteiger partial charge in [0.2, 0.25) is 11.4 Å². The van der Waals surface area contributed by atoms with E-state index in [9.17, 15) is 25.9 Å². The smallest absolute Gasteiger partial charge is 0.268 e. The van der Waals surface area contributed by atoms with Crippen molar-refractivity contribution in [2.45, 2.75) is 13.0 Å². The fourth-order valence-electron chi connectivity index (χ4n) is 4.39. The Hall–Kier alpha value is -2.71. The van der Waals surface area contributed by atoms with Crippen LogP contribution in [-0.4, -0.2) is 44.0 Å². The van der Waals surface area contributed by atoms with Crippen molar-refractivity contribution in [3.63, 3.8) is 0 Å². The number of anilines is 1. The van der Waals surface area contributed by atoms with Gasteiger partial charge in [0, 0.05) is 29.1 Å². The quantitative estimate of drug-likeness (QED) is 0.181. The molecule has 14 heteroatoms. The molecule has 2 heterocycles. The first-order valence-electron chi connectivity index (χ1n) is 12.0. The van der Waals surface area contributed by atoms with E-state index in [-0.39, 0.29) is 19.5 Å². The van der Waals surface area contributed by atoms with Gasteiger partial charge in [0.15, 0.2) is 12.3 Å². The third-order valence-corrected chi connectivity index (χ3v) is 9.31. The number of rotatable bonds is 9. The molecule has 0 saturated carbocycles. The Morgan fingerprint density at radius 3 is 2.25 bits per heavy atom. The molecule has 4 aromatic rings. The van der Waals surface area contributed by atoms with Crippen LogP contribution in [0.2, 0.25) is 10.0 Å². The summed E-state index contributed by atoms with van der Waals surface area (Å²) in [4.78, 5) is 1.61. The van der Waals surface area contributed by atoms with Crippen LogP contribution in [-0.2, 0) is 26.8 Å². The number of aryl methyl sites for hydroxylation is 1. The van der Waals surface area contributed by atoms with Crippen LogP contribution >= 0.6 is 34.5 Å². The number of benzene rings is 3. The number of hydrogen-bond donors (Lipinski definition) is 2. The maximum absolute atomic E-state index is 11.5. The molecule has 3 aromatic carbocycles. The van der Waals surface area contributed by atoms with Gasteiger partial charge in [-0.25, -0.2) is 0 Å². The molecular weight excluding hydrogens is 619 g/mol. The lowest BCUT2D eigenvalue weighted by Gasteiger charge is -2.17. The normalized spacial score (nSPS) is 14.6. The van der Waals surface area contributed by atoms with Crippen molar-refractivity contribution < 1.29 is 35.2 Å². The molecule has 2 N–H and O–H groups in total. The fourth-order valence-corrected chi connectivity index (χ4v) is 6.68. The predicted molar refractivity (Wildman–Crippen MR) is 157 cm³/mol. The monoisotopic (exact) mass is 641 g/mol. The average molecular weight is 643 g/mol. The van der Waals surface area contributed by atoms with Gasteiger partial charge in [-0.2, -0.15) is 21.4 Å². The molecule has 0 fully saturated rings. The van der Waals surface area contributed by atoms with Crippen molar-refractivity contribution in [2.24, 2.45) is 0 Å². The molecule has 1 aliphatic heterocycles. The van der Waals surface area contributed by atoms with Gasteiger partial charge in [0.25, 0.3) is 25.2 Å². The SMILES string of the molecule is O=S(=O)(O)CCC[n+]1c(C=C2Oc3ccc(Cl)cc3N2CCS(=O)(=O)O)sc2ccc(-c3ccc(Cl)cc3)cc21. The largest absolute Gasteiger partial charge is 0.438 e. The van der Waals surface area contributed by atoms with Crippen molar-refractivity contribution in [3.05, 3.63) is 81.6 Å². The lowest BCUT2D eigenvalue weighted by atomic mass is 10.1. The number of hydrogen-bond acceptors (Lipinski definition) is 7. The molecule has 9 nitrogen and oxygen atoms in total. The summed E-state index contributed by atoms with van der Waals surface area (Å²) in [7, 11) is -8.41. The van der Waals surface area contributed by atoms with Gasteiger partial charge in [0.05, 0.1) is 23.3 Å². The van der Waals surface area contributed by atoms with E-state index in [2.05, 4.69) is 0 Å². The van der Waals surface area contributed by atoms with Crippen molar-refractivity contribution in [2.75, 3.05) is 23.0 Å². The highest BCUT2D eigenvalue weighted by Crippen LogP contribution is 2.41. The highest BCUT2D eigenvalue weighted by molar-refractivity contribution is 7.86. The van der Waals surface area contributed by atoms with E-state index in [4.69, 9.17) is 27.9 Å². The zero-order valence-electron chi connectivity index (χ0n) is 20.7. The highest BCUT2D eigenvalue weighted by Gasteiger charge is 2.30. The molecule has 0 radical (unpaired) electrons. The van der Waals surface area contributed by atoms with E-state index in [0.29, 0.717) is 32.4 Å². The molecule has 5 rings (SSSR count). The Morgan fingerprint density at radius 1 is 0.875 bits per heavy atom. The van der Waals surface area contributed by atoms with Gasteiger partial charge in [-0.15, -0.1) is 0 Å². The molecular formula is C26H23Cl2N2O7S3+. The Bertz CT molecular complexity index is 1840. The van der Waals surface area contributed by atoms with Crippen molar-refractivity contribution in [1.82, 2.24) is 0 Å². The predicted octanol–water partition coefficient (Wildman–Crippen LogP) is 5.53. The van der Waals surface area contributed by atoms with Crippen LogP contribution in [0.3, 0.4) is 0 Å². The Labute approximate surface area is 245 Å². The number of aromatic nitrogens is 1. The minimum atomic E-state index is -4.26. The van der Waals surface area contributed by atoms with E-state index in [1.807, 2.05) is 34.9 Å². The molecule has 0 saturated heterocycles. The molecule has 0 atom stereocenters. The number of ether oxygens (including phenoxy) is 1. The van der Waals surface area contributed by atoms with E-state index in [0.717, 1.165) is 21.3 Å². The Morgan fingerprint density at radius 2 is 1.55 bits per heavy atom. The first kappa shape index (κ1) is 28.8. The molecule has 210 valence electrons. The van der Waals surface area contributed by atoms with Crippen molar-refractivity contribution >= 4 is 76.8 Å². The average Bonchev–Trinajstić information content (AvgIpc) is 3.38. The first-order chi connectivity index (χ1) is 18.9. The van der Waals surface area contributed by atoms with Gasteiger partial charge >= 0.3 is 0 Å². The van der Waals surface area contributed by atoms with E-state index in [1.54, 1.807) is 41.3 Å². The molecule has 1 aromatic heterocycles. The van der Waals surface area contributed by atoms with Crippen LogP contribution < -0.4 is 14.2 Å². The number of thiazole rings is 1. The van der Waals surface area contributed by atoms with Gasteiger partial charge in [-0.05, 0) is 47.5 Å². The van der Waals surface area contributed by atoms with Crippen LogP contribution in [0.1, 0.15) is 11.4 Å². The van der Waals surface area contributed by atoms with E-state index < -0.39 is 31.7 Å². The zero-order chi connectivity index (χ0) is 28.7. The third-order valence-electron chi connectivity index (χ3n) is 6.20. The van der Waals surface area contributed by atoms with E-state index in [1.165, 1.54) is 11.3 Å². The maximum Gasteiger partial charge on any atom is 0.268 e. The number of fused-ring (bicyclic) bond motifs is 2. The highest BCUT2D eigenvalue weighted by atomic mass is 35.5. The summed E-state index contributed by atoms with van der Waals surface area (Å²) in [5.74, 6) is -0.167. The van der Waals surface area contributed by atoms with Gasteiger partial charge in [0.1, 0.15) is 4.70 Å². The Balaban J connectivity index is 1.60. The van der Waals surface area contributed by atoms with Crippen LogP contribution in [0.5, 0.6) is 5.75 Å². The van der Waals surface area contributed by atoms with Crippen molar-refractivity contribution in [1.29, 1.82) is 0 Å². The third kappa shape index (κ3) is 6.77. The number of halogens is 2. The van der Waals surface area contributed by atoms with Gasteiger partial charge in [-0.1, -0.05) is 52.7 Å². The van der Waals surface area contributed by atoms with E-state index >= 15 is 0 Å². The van der Waals surface area contributed by atoms with Crippen molar-refractivity contribution in [3.8, 4) is 16.9 Å². The van der Waals surface area contributed by atoms with Crippen LogP contribution in [0, 0.1) is 0 Å². The molecule has 40 heavy (non-hydrogen) atoms. The van der Waals surface area contributed by atoms with Gasteiger partial charge in [-0.3, -0.25) is 9.11 Å². The summed E-state index contributed by atoms with van der Waals surface area (Å²) in [6.07, 6.45) is 1.89.